The number of hydrogen-bond donors (Lipinski definition) is 3. The molecule has 9 heteroatoms. The Labute approximate surface area is 244 Å². The lowest BCUT2D eigenvalue weighted by molar-refractivity contribution is 0.102. The number of halogens is 1. The van der Waals surface area contributed by atoms with Crippen LogP contribution in [0.1, 0.15) is 49.0 Å². The van der Waals surface area contributed by atoms with Crippen molar-refractivity contribution in [3.05, 3.63) is 94.2 Å². The number of piperidine rings is 1. The zero-order chi connectivity index (χ0) is 29.2. The summed E-state index contributed by atoms with van der Waals surface area (Å²) >= 11 is 0. The maximum Gasteiger partial charge on any atom is 0.258 e. The van der Waals surface area contributed by atoms with E-state index in [2.05, 4.69) is 69.5 Å². The van der Waals surface area contributed by atoms with Crippen LogP contribution in [-0.4, -0.2) is 49.8 Å². The third-order valence-electron chi connectivity index (χ3n) is 8.37. The number of rotatable bonds is 8. The Morgan fingerprint density at radius 1 is 1.17 bits per heavy atom. The number of aromatic amines is 2. The zero-order valence-corrected chi connectivity index (χ0v) is 24.1. The molecule has 6 rings (SSSR count). The molecule has 1 amide bonds. The maximum absolute atomic E-state index is 13.5. The number of nitrogens with zero attached hydrogens (tertiary/aromatic N) is 3. The number of carbonyl (C=O) groups is 1. The number of amides is 1. The summed E-state index contributed by atoms with van der Waals surface area (Å²) in [6, 6.07) is 9.81. The number of benzene rings is 1. The number of anilines is 1. The summed E-state index contributed by atoms with van der Waals surface area (Å²) in [6.45, 7) is 7.37. The number of allylic oxidation sites excluding steroid dienone is 4. The molecule has 4 heterocycles. The SMILES string of the molecule is CC(C)C1C=CC(Cn2cc(C(=O)Nc3c[nH]c(=O)c(-c4cc5cc(CN6CCC(F)CC6)ccc5[nH]4)c3)cn2)=CC1. The van der Waals surface area contributed by atoms with Gasteiger partial charge in [0.05, 0.1) is 35.2 Å². The topological polar surface area (TPSA) is 98.8 Å². The van der Waals surface area contributed by atoms with E-state index in [1.165, 1.54) is 11.8 Å². The van der Waals surface area contributed by atoms with Crippen LogP contribution in [-0.2, 0) is 13.1 Å². The number of carbonyl (C=O) groups excluding carboxylic acids is 1. The van der Waals surface area contributed by atoms with Gasteiger partial charge in [0.15, 0.2) is 0 Å². The molecule has 3 aromatic heterocycles. The number of pyridine rings is 1. The van der Waals surface area contributed by atoms with Gasteiger partial charge in [-0.15, -0.1) is 0 Å². The molecule has 8 nitrogen and oxygen atoms in total. The minimum atomic E-state index is -0.688. The minimum absolute atomic E-state index is 0.254. The van der Waals surface area contributed by atoms with Crippen molar-refractivity contribution < 1.29 is 9.18 Å². The van der Waals surface area contributed by atoms with Gasteiger partial charge in [-0.25, -0.2) is 4.39 Å². The van der Waals surface area contributed by atoms with Crippen molar-refractivity contribution in [1.82, 2.24) is 24.6 Å². The molecule has 0 saturated carbocycles. The molecular formula is C33H37FN6O2. The monoisotopic (exact) mass is 568 g/mol. The average Bonchev–Trinajstić information content (AvgIpc) is 3.63. The quantitative estimate of drug-likeness (QED) is 0.241. The van der Waals surface area contributed by atoms with Crippen molar-refractivity contribution in [2.45, 2.75) is 52.4 Å². The molecule has 1 unspecified atom stereocenters. The van der Waals surface area contributed by atoms with Gasteiger partial charge >= 0.3 is 0 Å². The van der Waals surface area contributed by atoms with Gasteiger partial charge in [-0.05, 0) is 66.5 Å². The van der Waals surface area contributed by atoms with Gasteiger partial charge in [-0.2, -0.15) is 5.10 Å². The van der Waals surface area contributed by atoms with E-state index in [9.17, 15) is 14.0 Å². The van der Waals surface area contributed by atoms with Gasteiger partial charge in [-0.3, -0.25) is 19.2 Å². The second-order valence-electron chi connectivity index (χ2n) is 11.8. The second-order valence-corrected chi connectivity index (χ2v) is 11.8. The normalized spacial score (nSPS) is 18.1. The van der Waals surface area contributed by atoms with Crippen molar-refractivity contribution in [3.63, 3.8) is 0 Å². The Kier molecular flexibility index (Phi) is 7.93. The molecule has 4 aromatic rings. The van der Waals surface area contributed by atoms with Crippen LogP contribution < -0.4 is 10.9 Å². The zero-order valence-electron chi connectivity index (χ0n) is 24.1. The molecule has 1 aliphatic carbocycles. The van der Waals surface area contributed by atoms with E-state index in [-0.39, 0.29) is 11.5 Å². The Hall–Kier alpha value is -4.24. The highest BCUT2D eigenvalue weighted by atomic mass is 19.1. The van der Waals surface area contributed by atoms with E-state index in [4.69, 9.17) is 0 Å². The number of alkyl halides is 1. The van der Waals surface area contributed by atoms with Crippen LogP contribution in [0.2, 0.25) is 0 Å². The highest BCUT2D eigenvalue weighted by molar-refractivity contribution is 6.04. The standard InChI is InChI=1S/C33H37FN6O2/c1-21(2)24-6-3-22(4-7-24)19-40-20-26(16-36-40)32(41)37-28-15-29(33(42)35-17-28)31-14-25-13-23(5-8-30(25)38-31)18-39-11-9-27(34)10-12-39/h3-6,8,13-17,20-21,24,27,38H,7,9-12,18-19H2,1-2H3,(H,35,42)(H,37,41). The van der Waals surface area contributed by atoms with E-state index in [1.807, 2.05) is 12.1 Å². The predicted octanol–water partition coefficient (Wildman–Crippen LogP) is 6.06. The molecule has 1 fully saturated rings. The average molecular weight is 569 g/mol. The fraction of sp³-hybridized carbons (Fsp3) is 0.364. The lowest BCUT2D eigenvalue weighted by atomic mass is 9.88. The summed E-state index contributed by atoms with van der Waals surface area (Å²) in [5.74, 6) is 0.874. The Morgan fingerprint density at radius 2 is 2.00 bits per heavy atom. The molecule has 0 radical (unpaired) electrons. The van der Waals surface area contributed by atoms with Crippen LogP contribution in [0.15, 0.2) is 77.5 Å². The first-order chi connectivity index (χ1) is 20.3. The first kappa shape index (κ1) is 27.9. The van der Waals surface area contributed by atoms with Crippen LogP contribution >= 0.6 is 0 Å². The molecule has 42 heavy (non-hydrogen) atoms. The fourth-order valence-corrected chi connectivity index (χ4v) is 5.75. The summed E-state index contributed by atoms with van der Waals surface area (Å²) in [6.07, 6.45) is 13.0. The van der Waals surface area contributed by atoms with Gasteiger partial charge in [0.2, 0.25) is 0 Å². The molecule has 1 saturated heterocycles. The Morgan fingerprint density at radius 3 is 2.76 bits per heavy atom. The molecule has 0 bridgehead atoms. The van der Waals surface area contributed by atoms with E-state index in [1.54, 1.807) is 23.1 Å². The van der Waals surface area contributed by atoms with Crippen molar-refractivity contribution in [2.24, 2.45) is 11.8 Å². The van der Waals surface area contributed by atoms with E-state index >= 15 is 0 Å². The molecule has 218 valence electrons. The van der Waals surface area contributed by atoms with Crippen LogP contribution in [0, 0.1) is 11.8 Å². The summed E-state index contributed by atoms with van der Waals surface area (Å²) in [5.41, 5.74) is 5.01. The number of hydrogen-bond acceptors (Lipinski definition) is 4. The number of nitrogens with one attached hydrogen (secondary N) is 3. The minimum Gasteiger partial charge on any atom is -0.354 e. The van der Waals surface area contributed by atoms with Crippen LogP contribution in [0.4, 0.5) is 10.1 Å². The number of likely N-dealkylation sites (tertiary alicyclic amines) is 1. The summed E-state index contributed by atoms with van der Waals surface area (Å²) in [5, 5.41) is 8.25. The Balaban J connectivity index is 1.13. The largest absolute Gasteiger partial charge is 0.354 e. The van der Waals surface area contributed by atoms with Crippen molar-refractivity contribution in [2.75, 3.05) is 18.4 Å². The third-order valence-corrected chi connectivity index (χ3v) is 8.37. The molecule has 3 N–H and O–H groups in total. The second kappa shape index (κ2) is 11.9. The van der Waals surface area contributed by atoms with Gasteiger partial charge in [0.25, 0.3) is 11.5 Å². The Bertz CT molecular complexity index is 1700. The van der Waals surface area contributed by atoms with Crippen molar-refractivity contribution in [1.29, 1.82) is 0 Å². The smallest absolute Gasteiger partial charge is 0.258 e. The first-order valence-electron chi connectivity index (χ1n) is 14.7. The molecule has 2 aliphatic rings. The molecule has 1 aliphatic heterocycles. The molecule has 1 atom stereocenters. The maximum atomic E-state index is 13.5. The summed E-state index contributed by atoms with van der Waals surface area (Å²) in [4.78, 5) is 34.1. The number of H-pyrrole nitrogens is 2. The van der Waals surface area contributed by atoms with Crippen molar-refractivity contribution >= 4 is 22.5 Å². The molecule has 1 aromatic carbocycles. The fourth-order valence-electron chi connectivity index (χ4n) is 5.75. The molecular weight excluding hydrogens is 531 g/mol. The van der Waals surface area contributed by atoms with Crippen LogP contribution in [0.5, 0.6) is 0 Å². The number of aromatic nitrogens is 4. The van der Waals surface area contributed by atoms with E-state index < -0.39 is 6.17 Å². The van der Waals surface area contributed by atoms with Crippen molar-refractivity contribution in [3.8, 4) is 11.3 Å². The van der Waals surface area contributed by atoms with Gasteiger partial charge < -0.3 is 15.3 Å². The van der Waals surface area contributed by atoms with E-state index in [0.717, 1.165) is 42.5 Å². The van der Waals surface area contributed by atoms with Crippen LogP contribution in [0.3, 0.4) is 0 Å². The van der Waals surface area contributed by atoms with Gasteiger partial charge in [-0.1, -0.05) is 38.1 Å². The van der Waals surface area contributed by atoms with Gasteiger partial charge in [0, 0.05) is 42.9 Å². The van der Waals surface area contributed by atoms with Gasteiger partial charge in [0.1, 0.15) is 6.17 Å². The third kappa shape index (κ3) is 6.31. The summed E-state index contributed by atoms with van der Waals surface area (Å²) in [7, 11) is 0. The van der Waals surface area contributed by atoms with Crippen LogP contribution in [0.25, 0.3) is 22.2 Å². The molecule has 0 spiro atoms. The highest BCUT2D eigenvalue weighted by Crippen LogP contribution is 2.26. The number of fused-ring (bicyclic) bond motifs is 1. The lowest BCUT2D eigenvalue weighted by Crippen LogP contribution is -2.33. The first-order valence-corrected chi connectivity index (χ1v) is 14.7. The highest BCUT2D eigenvalue weighted by Gasteiger charge is 2.19. The van der Waals surface area contributed by atoms with E-state index in [0.29, 0.717) is 53.7 Å². The predicted molar refractivity (Wildman–Crippen MR) is 164 cm³/mol. The summed E-state index contributed by atoms with van der Waals surface area (Å²) < 4.78 is 15.3. The lowest BCUT2D eigenvalue weighted by Gasteiger charge is -2.28.